The maximum atomic E-state index is 12.8. The molecule has 1 heterocycles. The molecule has 192 valence electrons. The SMILES string of the molecule is CCCC(=O)OOC1CCN(C(=O)C(C)CC(=O)c2ccc(/C(N)=N\C(=O)OC(C)C)cc2)CC1. The largest absolute Gasteiger partial charge is 0.445 e. The van der Waals surface area contributed by atoms with Gasteiger partial charge in [0.05, 0.1) is 6.10 Å². The Hall–Kier alpha value is -3.27. The second kappa shape index (κ2) is 13.6. The van der Waals surface area contributed by atoms with Crippen molar-refractivity contribution < 1.29 is 33.7 Å². The van der Waals surface area contributed by atoms with Crippen molar-refractivity contribution in [2.24, 2.45) is 16.6 Å². The Morgan fingerprint density at radius 1 is 1.06 bits per heavy atom. The van der Waals surface area contributed by atoms with Crippen molar-refractivity contribution in [1.82, 2.24) is 4.90 Å². The molecule has 2 N–H and O–H groups in total. The fourth-order valence-corrected chi connectivity index (χ4v) is 3.55. The molecule has 1 saturated heterocycles. The van der Waals surface area contributed by atoms with Gasteiger partial charge in [0.25, 0.3) is 0 Å². The number of Topliss-reactive ketones (excluding diaryl/α,β-unsaturated/α-hetero) is 1. The Kier molecular flexibility index (Phi) is 10.8. The third kappa shape index (κ3) is 9.12. The van der Waals surface area contributed by atoms with E-state index in [1.165, 1.54) is 0 Å². The Balaban J connectivity index is 1.84. The number of aliphatic imine (C=N–C) groups is 1. The van der Waals surface area contributed by atoms with E-state index in [0.717, 1.165) is 0 Å². The van der Waals surface area contributed by atoms with Gasteiger partial charge in [0.1, 0.15) is 11.9 Å². The number of carbonyl (C=O) groups is 4. The second-order valence-electron chi connectivity index (χ2n) is 8.86. The molecular weight excluding hydrogens is 454 g/mol. The van der Waals surface area contributed by atoms with E-state index in [1.807, 2.05) is 6.92 Å². The molecule has 2 amide bonds. The average Bonchev–Trinajstić information content (AvgIpc) is 2.82. The van der Waals surface area contributed by atoms with Gasteiger partial charge in [-0.25, -0.2) is 9.59 Å². The normalized spacial score (nSPS) is 15.6. The number of nitrogens with two attached hydrogens (primary N) is 1. The number of likely N-dealkylation sites (tertiary alicyclic amines) is 1. The zero-order chi connectivity index (χ0) is 26.0. The summed E-state index contributed by atoms with van der Waals surface area (Å²) in [5.74, 6) is -1.16. The van der Waals surface area contributed by atoms with Crippen LogP contribution in [0.1, 0.15) is 75.7 Å². The van der Waals surface area contributed by atoms with Gasteiger partial charge in [0, 0.05) is 43.0 Å². The first-order chi connectivity index (χ1) is 16.6. The highest BCUT2D eigenvalue weighted by Gasteiger charge is 2.28. The molecule has 1 unspecified atom stereocenters. The van der Waals surface area contributed by atoms with E-state index < -0.39 is 18.0 Å². The molecule has 1 aliphatic rings. The molecule has 10 heteroatoms. The smallest absolute Gasteiger partial charge is 0.435 e. The highest BCUT2D eigenvalue weighted by atomic mass is 17.2. The molecule has 1 fully saturated rings. The van der Waals surface area contributed by atoms with Gasteiger partial charge < -0.3 is 15.4 Å². The van der Waals surface area contributed by atoms with Crippen molar-refractivity contribution in [2.75, 3.05) is 13.1 Å². The van der Waals surface area contributed by atoms with Crippen LogP contribution < -0.4 is 5.73 Å². The van der Waals surface area contributed by atoms with Crippen LogP contribution in [-0.4, -0.2) is 59.8 Å². The van der Waals surface area contributed by atoms with Crippen molar-refractivity contribution >= 4 is 29.6 Å². The molecule has 0 bridgehead atoms. The summed E-state index contributed by atoms with van der Waals surface area (Å²) in [6.45, 7) is 7.97. The third-order valence-corrected chi connectivity index (χ3v) is 5.45. The van der Waals surface area contributed by atoms with E-state index in [0.29, 0.717) is 49.9 Å². The molecule has 1 aromatic rings. The van der Waals surface area contributed by atoms with Gasteiger partial charge in [0.2, 0.25) is 5.91 Å². The van der Waals surface area contributed by atoms with Crippen LogP contribution in [0.2, 0.25) is 0 Å². The zero-order valence-corrected chi connectivity index (χ0v) is 20.8. The van der Waals surface area contributed by atoms with Crippen molar-refractivity contribution in [3.05, 3.63) is 35.4 Å². The summed E-state index contributed by atoms with van der Waals surface area (Å²) in [5, 5.41) is 0. The number of amidine groups is 1. The van der Waals surface area contributed by atoms with Crippen molar-refractivity contribution in [3.63, 3.8) is 0 Å². The number of ketones is 1. The molecular formula is C25H35N3O7. The van der Waals surface area contributed by atoms with Crippen LogP contribution >= 0.6 is 0 Å². The maximum Gasteiger partial charge on any atom is 0.435 e. The lowest BCUT2D eigenvalue weighted by molar-refractivity contribution is -0.303. The monoisotopic (exact) mass is 489 g/mol. The molecule has 1 aliphatic heterocycles. The number of amides is 2. The summed E-state index contributed by atoms with van der Waals surface area (Å²) in [6, 6.07) is 6.37. The van der Waals surface area contributed by atoms with E-state index in [4.69, 9.17) is 20.2 Å². The standard InChI is InChI=1S/C25H35N3O7/c1-5-6-22(30)35-34-20-11-13-28(14-12-20)24(31)17(4)15-21(29)18-7-9-19(10-8-18)23(26)27-25(32)33-16(2)3/h7-10,16-17,20H,5-6,11-15H2,1-4H3,(H2,26,27,32). The highest BCUT2D eigenvalue weighted by Crippen LogP contribution is 2.19. The average molecular weight is 490 g/mol. The van der Waals surface area contributed by atoms with Gasteiger partial charge in [0.15, 0.2) is 5.78 Å². The quantitative estimate of drug-likeness (QED) is 0.173. The van der Waals surface area contributed by atoms with Crippen molar-refractivity contribution in [2.45, 2.75) is 72.0 Å². The van der Waals surface area contributed by atoms with Crippen LogP contribution in [0.3, 0.4) is 0 Å². The lowest BCUT2D eigenvalue weighted by Gasteiger charge is -2.32. The molecule has 35 heavy (non-hydrogen) atoms. The molecule has 10 nitrogen and oxygen atoms in total. The van der Waals surface area contributed by atoms with Crippen LogP contribution in [0.15, 0.2) is 29.3 Å². The van der Waals surface area contributed by atoms with E-state index in [2.05, 4.69) is 4.99 Å². The zero-order valence-electron chi connectivity index (χ0n) is 20.8. The van der Waals surface area contributed by atoms with Gasteiger partial charge in [-0.2, -0.15) is 9.88 Å². The Morgan fingerprint density at radius 3 is 2.23 bits per heavy atom. The highest BCUT2D eigenvalue weighted by molar-refractivity contribution is 6.04. The van der Waals surface area contributed by atoms with Gasteiger partial charge in [-0.05, 0) is 33.1 Å². The fraction of sp³-hybridized carbons (Fsp3) is 0.560. The summed E-state index contributed by atoms with van der Waals surface area (Å²) in [4.78, 5) is 63.9. The molecule has 0 radical (unpaired) electrons. The number of benzene rings is 1. The van der Waals surface area contributed by atoms with Crippen LogP contribution in [0, 0.1) is 5.92 Å². The predicted molar refractivity (Wildman–Crippen MR) is 129 cm³/mol. The number of rotatable bonds is 10. The van der Waals surface area contributed by atoms with E-state index >= 15 is 0 Å². The second-order valence-corrected chi connectivity index (χ2v) is 8.86. The third-order valence-electron chi connectivity index (χ3n) is 5.45. The van der Waals surface area contributed by atoms with Gasteiger partial charge >= 0.3 is 12.1 Å². The van der Waals surface area contributed by atoms with E-state index in [9.17, 15) is 19.2 Å². The lowest BCUT2D eigenvalue weighted by atomic mass is 9.96. The minimum atomic E-state index is -0.780. The Bertz CT molecular complexity index is 919. The first-order valence-electron chi connectivity index (χ1n) is 11.9. The summed E-state index contributed by atoms with van der Waals surface area (Å²) in [7, 11) is 0. The number of ether oxygens (including phenoxy) is 1. The molecule has 0 spiro atoms. The molecule has 0 aliphatic carbocycles. The number of hydrogen-bond acceptors (Lipinski definition) is 7. The van der Waals surface area contributed by atoms with Crippen LogP contribution in [0.25, 0.3) is 0 Å². The van der Waals surface area contributed by atoms with Gasteiger partial charge in [-0.15, -0.1) is 0 Å². The number of hydrogen-bond donors (Lipinski definition) is 1. The number of nitrogens with zero attached hydrogens (tertiary/aromatic N) is 2. The lowest BCUT2D eigenvalue weighted by Crippen LogP contribution is -2.43. The molecule has 2 rings (SSSR count). The molecule has 1 aromatic carbocycles. The minimum Gasteiger partial charge on any atom is -0.445 e. The van der Waals surface area contributed by atoms with Gasteiger partial charge in [-0.1, -0.05) is 38.1 Å². The summed E-state index contributed by atoms with van der Waals surface area (Å²) in [6.07, 6.45) is 0.845. The molecule has 0 saturated carbocycles. The summed E-state index contributed by atoms with van der Waals surface area (Å²) < 4.78 is 4.93. The number of piperidine rings is 1. The summed E-state index contributed by atoms with van der Waals surface area (Å²) >= 11 is 0. The first kappa shape index (κ1) is 28.0. The first-order valence-corrected chi connectivity index (χ1v) is 11.9. The van der Waals surface area contributed by atoms with Crippen molar-refractivity contribution in [1.29, 1.82) is 0 Å². The Labute approximate surface area is 205 Å². The minimum absolute atomic E-state index is 0.00860. The van der Waals surface area contributed by atoms with Crippen molar-refractivity contribution in [3.8, 4) is 0 Å². The number of carbonyl (C=O) groups excluding carboxylic acids is 4. The van der Waals surface area contributed by atoms with E-state index in [-0.39, 0.29) is 36.2 Å². The van der Waals surface area contributed by atoms with Gasteiger partial charge in [-0.3, -0.25) is 14.5 Å². The topological polar surface area (TPSA) is 138 Å². The fourth-order valence-electron chi connectivity index (χ4n) is 3.55. The predicted octanol–water partition coefficient (Wildman–Crippen LogP) is 3.41. The maximum absolute atomic E-state index is 12.8. The van der Waals surface area contributed by atoms with Crippen LogP contribution in [0.4, 0.5) is 4.79 Å². The Morgan fingerprint density at radius 2 is 1.66 bits per heavy atom. The molecule has 0 aromatic heterocycles. The van der Waals surface area contributed by atoms with Crippen LogP contribution in [-0.2, 0) is 24.1 Å². The summed E-state index contributed by atoms with van der Waals surface area (Å²) in [5.41, 5.74) is 6.76. The molecule has 1 atom stereocenters. The van der Waals surface area contributed by atoms with Crippen LogP contribution in [0.5, 0.6) is 0 Å². The van der Waals surface area contributed by atoms with E-state index in [1.54, 1.807) is 49.9 Å².